The molecule has 3 heterocycles. The standard InChI is InChI=1S/C43H29N3S/c1-43(2)33-20-9-6-18-31(33)37-34(43)24-23-30-29-17-7-10-21-35(29)46(40(30)37)28-16-12-15-27(25-28)38-41-39(32-19-8-11-22-36(32)47-41)45-42(44-38)26-13-4-3-5-14-26/h3-25H,1-2H3. The molecule has 4 heteroatoms. The van der Waals surface area contributed by atoms with Crippen LogP contribution in [0.5, 0.6) is 0 Å². The van der Waals surface area contributed by atoms with Crippen molar-refractivity contribution >= 4 is 53.4 Å². The molecule has 0 aliphatic heterocycles. The molecule has 0 atom stereocenters. The van der Waals surface area contributed by atoms with Crippen molar-refractivity contribution in [3.63, 3.8) is 0 Å². The SMILES string of the molecule is CC1(C)c2ccccc2-c2c1ccc1c3ccccc3n(-c3cccc(-c4nc(-c5ccccc5)nc5c4sc4ccccc45)c3)c21. The Bertz CT molecular complexity index is 2710. The molecule has 0 saturated carbocycles. The zero-order chi connectivity index (χ0) is 31.3. The van der Waals surface area contributed by atoms with Gasteiger partial charge in [0.15, 0.2) is 5.82 Å². The third-order valence-electron chi connectivity index (χ3n) is 10.0. The van der Waals surface area contributed by atoms with Gasteiger partial charge >= 0.3 is 0 Å². The maximum atomic E-state index is 5.28. The van der Waals surface area contributed by atoms with Crippen LogP contribution < -0.4 is 0 Å². The number of nitrogens with zero attached hydrogens (tertiary/aromatic N) is 3. The Morgan fingerprint density at radius 3 is 2.23 bits per heavy atom. The maximum Gasteiger partial charge on any atom is 0.160 e. The quantitative estimate of drug-likeness (QED) is 0.197. The van der Waals surface area contributed by atoms with E-state index in [9.17, 15) is 0 Å². The molecule has 0 unspecified atom stereocenters. The van der Waals surface area contributed by atoms with Crippen molar-refractivity contribution in [2.24, 2.45) is 0 Å². The summed E-state index contributed by atoms with van der Waals surface area (Å²) in [7, 11) is 0. The second-order valence-electron chi connectivity index (χ2n) is 13.0. The second-order valence-corrected chi connectivity index (χ2v) is 14.0. The van der Waals surface area contributed by atoms with Gasteiger partial charge in [-0.15, -0.1) is 11.3 Å². The topological polar surface area (TPSA) is 30.7 Å². The molecule has 0 bridgehead atoms. The van der Waals surface area contributed by atoms with Crippen LogP contribution in [-0.4, -0.2) is 14.5 Å². The first-order valence-electron chi connectivity index (χ1n) is 16.1. The number of para-hydroxylation sites is 1. The Morgan fingerprint density at radius 2 is 1.34 bits per heavy atom. The van der Waals surface area contributed by atoms with E-state index in [1.54, 1.807) is 11.3 Å². The normalized spacial score (nSPS) is 13.5. The first-order chi connectivity index (χ1) is 23.1. The van der Waals surface area contributed by atoms with Crippen molar-refractivity contribution in [3.8, 4) is 39.5 Å². The largest absolute Gasteiger partial charge is 0.309 e. The van der Waals surface area contributed by atoms with Gasteiger partial charge in [-0.05, 0) is 41.0 Å². The molecule has 1 aliphatic carbocycles. The van der Waals surface area contributed by atoms with Crippen molar-refractivity contribution in [1.82, 2.24) is 14.5 Å². The second kappa shape index (κ2) is 9.71. The monoisotopic (exact) mass is 619 g/mol. The average molecular weight is 620 g/mol. The van der Waals surface area contributed by atoms with Gasteiger partial charge in [-0.1, -0.05) is 129 Å². The van der Waals surface area contributed by atoms with E-state index in [-0.39, 0.29) is 5.41 Å². The van der Waals surface area contributed by atoms with E-state index in [1.807, 2.05) is 6.07 Å². The number of hydrogen-bond acceptors (Lipinski definition) is 3. The van der Waals surface area contributed by atoms with Crippen LogP contribution >= 0.6 is 11.3 Å². The highest BCUT2D eigenvalue weighted by molar-refractivity contribution is 7.26. The Hall–Kier alpha value is -5.58. The minimum atomic E-state index is -0.0785. The molecule has 6 aromatic carbocycles. The van der Waals surface area contributed by atoms with Crippen LogP contribution in [-0.2, 0) is 5.41 Å². The molecular weight excluding hydrogens is 591 g/mol. The Labute approximate surface area is 276 Å². The van der Waals surface area contributed by atoms with Gasteiger partial charge in [0.2, 0.25) is 0 Å². The Balaban J connectivity index is 1.28. The van der Waals surface area contributed by atoms with Gasteiger partial charge in [0.05, 0.1) is 26.9 Å². The summed E-state index contributed by atoms with van der Waals surface area (Å²) in [6.45, 7) is 4.71. The molecule has 1 aliphatic rings. The molecule has 0 saturated heterocycles. The number of aromatic nitrogens is 3. The number of fused-ring (bicyclic) bond motifs is 10. The van der Waals surface area contributed by atoms with E-state index >= 15 is 0 Å². The molecule has 0 spiro atoms. The van der Waals surface area contributed by atoms with Gasteiger partial charge in [-0.25, -0.2) is 9.97 Å². The van der Waals surface area contributed by atoms with Crippen LogP contribution in [0, 0.1) is 0 Å². The third kappa shape index (κ3) is 3.73. The maximum absolute atomic E-state index is 5.28. The van der Waals surface area contributed by atoms with Crippen molar-refractivity contribution in [2.75, 3.05) is 0 Å². The first-order valence-corrected chi connectivity index (χ1v) is 16.9. The number of thiophene rings is 1. The van der Waals surface area contributed by atoms with E-state index in [2.05, 4.69) is 152 Å². The highest BCUT2D eigenvalue weighted by Gasteiger charge is 2.37. The van der Waals surface area contributed by atoms with Gasteiger partial charge in [0.1, 0.15) is 0 Å². The molecule has 0 N–H and O–H groups in total. The molecule has 0 fully saturated rings. The average Bonchev–Trinajstić information content (AvgIpc) is 3.74. The van der Waals surface area contributed by atoms with Crippen molar-refractivity contribution in [2.45, 2.75) is 19.3 Å². The highest BCUT2D eigenvalue weighted by Crippen LogP contribution is 2.53. The minimum absolute atomic E-state index is 0.0785. The van der Waals surface area contributed by atoms with E-state index in [0.29, 0.717) is 0 Å². The van der Waals surface area contributed by atoms with Crippen molar-refractivity contribution in [3.05, 3.63) is 151 Å². The predicted octanol–water partition coefficient (Wildman–Crippen LogP) is 11.6. The van der Waals surface area contributed by atoms with Gasteiger partial charge in [0.25, 0.3) is 0 Å². The summed E-state index contributed by atoms with van der Waals surface area (Å²) in [6.07, 6.45) is 0. The van der Waals surface area contributed by atoms with E-state index in [1.165, 1.54) is 54.1 Å². The van der Waals surface area contributed by atoms with Crippen molar-refractivity contribution < 1.29 is 0 Å². The lowest BCUT2D eigenvalue weighted by atomic mass is 9.82. The molecule has 3 aromatic heterocycles. The predicted molar refractivity (Wildman–Crippen MR) is 198 cm³/mol. The third-order valence-corrected chi connectivity index (χ3v) is 11.2. The van der Waals surface area contributed by atoms with Gasteiger partial charge in [0, 0.05) is 48.7 Å². The molecular formula is C43H29N3S. The molecule has 10 rings (SSSR count). The highest BCUT2D eigenvalue weighted by atomic mass is 32.1. The first kappa shape index (κ1) is 26.6. The lowest BCUT2D eigenvalue weighted by Gasteiger charge is -2.21. The molecule has 9 aromatic rings. The molecule has 0 amide bonds. The molecule has 222 valence electrons. The lowest BCUT2D eigenvalue weighted by Crippen LogP contribution is -2.14. The summed E-state index contributed by atoms with van der Waals surface area (Å²) < 4.78 is 4.81. The lowest BCUT2D eigenvalue weighted by molar-refractivity contribution is 0.661. The van der Waals surface area contributed by atoms with E-state index < -0.39 is 0 Å². The number of benzene rings is 6. The Kier molecular flexibility index (Phi) is 5.50. The van der Waals surface area contributed by atoms with Gasteiger partial charge in [-0.2, -0.15) is 0 Å². The number of rotatable bonds is 3. The summed E-state index contributed by atoms with van der Waals surface area (Å²) in [6, 6.07) is 50.2. The van der Waals surface area contributed by atoms with E-state index in [4.69, 9.17) is 9.97 Å². The fraction of sp³-hybridized carbons (Fsp3) is 0.0698. The van der Waals surface area contributed by atoms with Gasteiger partial charge in [-0.3, -0.25) is 0 Å². The van der Waals surface area contributed by atoms with E-state index in [0.717, 1.165) is 38.5 Å². The zero-order valence-electron chi connectivity index (χ0n) is 26.0. The van der Waals surface area contributed by atoms with Crippen LogP contribution in [0.25, 0.3) is 81.6 Å². The molecule has 3 nitrogen and oxygen atoms in total. The summed E-state index contributed by atoms with van der Waals surface area (Å²) >= 11 is 1.77. The molecule has 47 heavy (non-hydrogen) atoms. The van der Waals surface area contributed by atoms with Crippen LogP contribution in [0.1, 0.15) is 25.0 Å². The smallest absolute Gasteiger partial charge is 0.160 e. The fourth-order valence-corrected chi connectivity index (χ4v) is 8.96. The van der Waals surface area contributed by atoms with Crippen LogP contribution in [0.2, 0.25) is 0 Å². The van der Waals surface area contributed by atoms with Gasteiger partial charge < -0.3 is 4.57 Å². The molecule has 0 radical (unpaired) electrons. The summed E-state index contributed by atoms with van der Waals surface area (Å²) in [5, 5.41) is 3.71. The summed E-state index contributed by atoms with van der Waals surface area (Å²) in [5.74, 6) is 0.746. The minimum Gasteiger partial charge on any atom is -0.309 e. The summed E-state index contributed by atoms with van der Waals surface area (Å²) in [5.41, 5.74) is 13.0. The summed E-state index contributed by atoms with van der Waals surface area (Å²) in [4.78, 5) is 10.4. The van der Waals surface area contributed by atoms with Crippen molar-refractivity contribution in [1.29, 1.82) is 0 Å². The zero-order valence-corrected chi connectivity index (χ0v) is 26.8. The van der Waals surface area contributed by atoms with Crippen LogP contribution in [0.3, 0.4) is 0 Å². The van der Waals surface area contributed by atoms with Crippen LogP contribution in [0.4, 0.5) is 0 Å². The van der Waals surface area contributed by atoms with Crippen LogP contribution in [0.15, 0.2) is 140 Å². The Morgan fingerprint density at radius 1 is 0.596 bits per heavy atom. The number of hydrogen-bond donors (Lipinski definition) is 0. The fourth-order valence-electron chi connectivity index (χ4n) is 7.81.